The van der Waals surface area contributed by atoms with Gasteiger partial charge in [0.05, 0.1) is 5.52 Å². The van der Waals surface area contributed by atoms with Gasteiger partial charge in [-0.2, -0.15) is 0 Å². The third-order valence-corrected chi connectivity index (χ3v) is 4.83. The number of hydrogen-bond donors (Lipinski definition) is 1. The van der Waals surface area contributed by atoms with Crippen LogP contribution in [-0.4, -0.2) is 28.2 Å². The number of hydrogen-bond acceptors (Lipinski definition) is 3. The summed E-state index contributed by atoms with van der Waals surface area (Å²) in [6, 6.07) is 13.4. The lowest BCUT2D eigenvalue weighted by atomic mass is 9.98. The molecule has 2 heterocycles. The summed E-state index contributed by atoms with van der Waals surface area (Å²) in [5, 5.41) is 0.836. The van der Waals surface area contributed by atoms with Gasteiger partial charge >= 0.3 is 0 Å². The molecule has 0 unspecified atom stereocenters. The van der Waals surface area contributed by atoms with E-state index in [9.17, 15) is 14.0 Å². The molecule has 0 spiro atoms. The molecule has 2 amide bonds. The number of nitrogens with two attached hydrogens (primary N) is 1. The lowest BCUT2D eigenvalue weighted by Gasteiger charge is -2.16. The van der Waals surface area contributed by atoms with E-state index in [0.29, 0.717) is 18.5 Å². The third kappa shape index (κ3) is 3.38. The maximum atomic E-state index is 13.3. The largest absolute Gasteiger partial charge is 0.364 e. The number of halogens is 1. The number of nitrogens with zero attached hydrogens (tertiary/aromatic N) is 2. The highest BCUT2D eigenvalue weighted by atomic mass is 19.1. The first-order valence-electron chi connectivity index (χ1n) is 8.78. The fraction of sp³-hybridized carbons (Fsp3) is 0.190. The van der Waals surface area contributed by atoms with Gasteiger partial charge in [-0.1, -0.05) is 24.3 Å². The first kappa shape index (κ1) is 17.1. The Morgan fingerprint density at radius 3 is 2.59 bits per heavy atom. The average Bonchev–Trinajstić information content (AvgIpc) is 3.06. The molecular weight excluding hydrogens is 345 g/mol. The predicted octanol–water partition coefficient (Wildman–Crippen LogP) is 3.26. The Bertz CT molecular complexity index is 1050. The van der Waals surface area contributed by atoms with Crippen LogP contribution in [0.3, 0.4) is 0 Å². The number of amides is 2. The van der Waals surface area contributed by atoms with Crippen molar-refractivity contribution in [1.82, 2.24) is 9.88 Å². The Kier molecular flexibility index (Phi) is 4.32. The lowest BCUT2D eigenvalue weighted by molar-refractivity contribution is -0.128. The summed E-state index contributed by atoms with van der Waals surface area (Å²) in [5.74, 6) is -0.800. The quantitative estimate of drug-likeness (QED) is 0.773. The van der Waals surface area contributed by atoms with E-state index in [1.54, 1.807) is 18.2 Å². The van der Waals surface area contributed by atoms with E-state index >= 15 is 0 Å². The summed E-state index contributed by atoms with van der Waals surface area (Å²) in [7, 11) is 0. The number of rotatable bonds is 4. The minimum Gasteiger partial charge on any atom is -0.364 e. The highest BCUT2D eigenvalue weighted by Crippen LogP contribution is 2.30. The summed E-state index contributed by atoms with van der Waals surface area (Å²) < 4.78 is 13.3. The van der Waals surface area contributed by atoms with E-state index in [1.165, 1.54) is 12.1 Å². The van der Waals surface area contributed by atoms with Gasteiger partial charge in [-0.05, 0) is 47.4 Å². The molecule has 2 aromatic carbocycles. The van der Waals surface area contributed by atoms with E-state index in [1.807, 2.05) is 23.1 Å². The number of aromatic nitrogens is 1. The van der Waals surface area contributed by atoms with Gasteiger partial charge in [0.25, 0.3) is 5.91 Å². The second-order valence-corrected chi connectivity index (χ2v) is 6.70. The number of primary amides is 1. The van der Waals surface area contributed by atoms with Crippen molar-refractivity contribution in [2.45, 2.75) is 19.4 Å². The van der Waals surface area contributed by atoms with Gasteiger partial charge in [-0.3, -0.25) is 9.59 Å². The molecule has 2 N–H and O–H groups in total. The summed E-state index contributed by atoms with van der Waals surface area (Å²) in [6.07, 6.45) is 1.47. The summed E-state index contributed by atoms with van der Waals surface area (Å²) in [6.45, 7) is 1.27. The maximum Gasteiger partial charge on any atom is 0.267 e. The highest BCUT2D eigenvalue weighted by molar-refractivity contribution is 6.01. The summed E-state index contributed by atoms with van der Waals surface area (Å²) in [5.41, 5.74) is 8.69. The zero-order chi connectivity index (χ0) is 19.0. The van der Waals surface area contributed by atoms with Crippen molar-refractivity contribution in [1.29, 1.82) is 0 Å². The molecule has 1 aliphatic rings. The number of pyridine rings is 1. The molecule has 5 nitrogen and oxygen atoms in total. The standard InChI is InChI=1S/C21H18FN3O2/c22-15-6-4-14(5-7-15)17-11-19(21(23)27)24-18-10-13(3-8-16(17)18)12-25-9-1-2-20(25)26/h3-8,10-11H,1-2,9,12H2,(H2,23,27). The molecule has 6 heteroatoms. The fourth-order valence-corrected chi connectivity index (χ4v) is 3.46. The Hall–Kier alpha value is -3.28. The van der Waals surface area contributed by atoms with Crippen LogP contribution in [0.2, 0.25) is 0 Å². The van der Waals surface area contributed by atoms with Crippen LogP contribution in [0.5, 0.6) is 0 Å². The third-order valence-electron chi connectivity index (χ3n) is 4.83. The van der Waals surface area contributed by atoms with Crippen molar-refractivity contribution in [2.75, 3.05) is 6.54 Å². The van der Waals surface area contributed by atoms with Crippen molar-refractivity contribution in [2.24, 2.45) is 5.73 Å². The van der Waals surface area contributed by atoms with Crippen molar-refractivity contribution in [3.63, 3.8) is 0 Å². The molecule has 1 aliphatic heterocycles. The molecule has 3 aromatic rings. The lowest BCUT2D eigenvalue weighted by Crippen LogP contribution is -2.23. The second kappa shape index (κ2) is 6.79. The van der Waals surface area contributed by atoms with Crippen LogP contribution < -0.4 is 5.73 Å². The molecular formula is C21H18FN3O2. The number of carbonyl (C=O) groups excluding carboxylic acids is 2. The Morgan fingerprint density at radius 2 is 1.93 bits per heavy atom. The molecule has 0 atom stereocenters. The molecule has 1 saturated heterocycles. The molecule has 27 heavy (non-hydrogen) atoms. The average molecular weight is 363 g/mol. The van der Waals surface area contributed by atoms with Crippen LogP contribution >= 0.6 is 0 Å². The number of fused-ring (bicyclic) bond motifs is 1. The molecule has 1 fully saturated rings. The number of likely N-dealkylation sites (tertiary alicyclic amines) is 1. The highest BCUT2D eigenvalue weighted by Gasteiger charge is 2.20. The zero-order valence-electron chi connectivity index (χ0n) is 14.6. The van der Waals surface area contributed by atoms with Crippen LogP contribution in [0.4, 0.5) is 4.39 Å². The minimum atomic E-state index is -0.625. The number of benzene rings is 2. The Balaban J connectivity index is 1.81. The van der Waals surface area contributed by atoms with E-state index in [-0.39, 0.29) is 17.4 Å². The molecule has 136 valence electrons. The van der Waals surface area contributed by atoms with Crippen molar-refractivity contribution in [3.05, 3.63) is 65.6 Å². The molecule has 0 radical (unpaired) electrons. The van der Waals surface area contributed by atoms with Gasteiger partial charge < -0.3 is 10.6 Å². The zero-order valence-corrected chi connectivity index (χ0v) is 14.6. The number of carbonyl (C=O) groups is 2. The van der Waals surface area contributed by atoms with Crippen LogP contribution in [0.15, 0.2) is 48.5 Å². The minimum absolute atomic E-state index is 0.149. The van der Waals surface area contributed by atoms with E-state index < -0.39 is 5.91 Å². The normalized spacial score (nSPS) is 14.1. The smallest absolute Gasteiger partial charge is 0.267 e. The molecule has 1 aromatic heterocycles. The molecule has 4 rings (SSSR count). The fourth-order valence-electron chi connectivity index (χ4n) is 3.46. The van der Waals surface area contributed by atoms with E-state index in [4.69, 9.17) is 5.73 Å². The van der Waals surface area contributed by atoms with E-state index in [2.05, 4.69) is 4.98 Å². The van der Waals surface area contributed by atoms with Crippen LogP contribution in [0.1, 0.15) is 28.9 Å². The van der Waals surface area contributed by atoms with Crippen LogP contribution in [0, 0.1) is 5.82 Å². The first-order chi connectivity index (χ1) is 13.0. The molecule has 0 saturated carbocycles. The van der Waals surface area contributed by atoms with Gasteiger partial charge in [0.2, 0.25) is 5.91 Å². The van der Waals surface area contributed by atoms with Gasteiger partial charge in [0.1, 0.15) is 11.5 Å². The van der Waals surface area contributed by atoms with Crippen LogP contribution in [0.25, 0.3) is 22.0 Å². The molecule has 0 bridgehead atoms. The van der Waals surface area contributed by atoms with Crippen molar-refractivity contribution >= 4 is 22.7 Å². The van der Waals surface area contributed by atoms with Gasteiger partial charge in [0, 0.05) is 24.9 Å². The maximum absolute atomic E-state index is 13.3. The predicted molar refractivity (Wildman–Crippen MR) is 100 cm³/mol. The van der Waals surface area contributed by atoms with Crippen LogP contribution in [-0.2, 0) is 11.3 Å². The second-order valence-electron chi connectivity index (χ2n) is 6.70. The van der Waals surface area contributed by atoms with Crippen molar-refractivity contribution in [3.8, 4) is 11.1 Å². The topological polar surface area (TPSA) is 76.3 Å². The first-order valence-corrected chi connectivity index (χ1v) is 8.78. The van der Waals surface area contributed by atoms with E-state index in [0.717, 1.165) is 35.0 Å². The van der Waals surface area contributed by atoms with Gasteiger partial charge in [0.15, 0.2) is 0 Å². The Labute approximate surface area is 155 Å². The SMILES string of the molecule is NC(=O)c1cc(-c2ccc(F)cc2)c2ccc(CN3CCCC3=O)cc2n1. The molecule has 0 aliphatic carbocycles. The monoisotopic (exact) mass is 363 g/mol. The summed E-state index contributed by atoms with van der Waals surface area (Å²) >= 11 is 0. The Morgan fingerprint density at radius 1 is 1.15 bits per heavy atom. The van der Waals surface area contributed by atoms with Gasteiger partial charge in [-0.15, -0.1) is 0 Å². The van der Waals surface area contributed by atoms with Crippen molar-refractivity contribution < 1.29 is 14.0 Å². The summed E-state index contributed by atoms with van der Waals surface area (Å²) in [4.78, 5) is 29.8. The van der Waals surface area contributed by atoms with Gasteiger partial charge in [-0.25, -0.2) is 9.37 Å².